The van der Waals surface area contributed by atoms with Crippen LogP contribution >= 0.6 is 0 Å². The van der Waals surface area contributed by atoms with Crippen LogP contribution in [0.3, 0.4) is 0 Å². The zero-order valence-electron chi connectivity index (χ0n) is 9.62. The topological polar surface area (TPSA) is 47.6 Å². The molecular weight excluding hydrogens is 194 g/mol. The third kappa shape index (κ3) is 5.14. The SMILES string of the molecule is CC(C)COCCOC(=O)C1CCNC1. The number of rotatable bonds is 6. The molecule has 0 radical (unpaired) electrons. The summed E-state index contributed by atoms with van der Waals surface area (Å²) >= 11 is 0. The second kappa shape index (κ2) is 6.80. The molecule has 1 fully saturated rings. The van der Waals surface area contributed by atoms with Crippen molar-refractivity contribution in [3.63, 3.8) is 0 Å². The van der Waals surface area contributed by atoms with E-state index >= 15 is 0 Å². The van der Waals surface area contributed by atoms with Gasteiger partial charge in [0.25, 0.3) is 0 Å². The fraction of sp³-hybridized carbons (Fsp3) is 0.909. The van der Waals surface area contributed by atoms with E-state index in [1.54, 1.807) is 0 Å². The molecule has 0 saturated carbocycles. The standard InChI is InChI=1S/C11H21NO3/c1-9(2)8-14-5-6-15-11(13)10-3-4-12-7-10/h9-10,12H,3-8H2,1-2H3. The number of hydrogen-bond acceptors (Lipinski definition) is 4. The largest absolute Gasteiger partial charge is 0.463 e. The van der Waals surface area contributed by atoms with Gasteiger partial charge in [-0.25, -0.2) is 0 Å². The van der Waals surface area contributed by atoms with Gasteiger partial charge in [-0.2, -0.15) is 0 Å². The van der Waals surface area contributed by atoms with Crippen molar-refractivity contribution >= 4 is 5.97 Å². The van der Waals surface area contributed by atoms with Gasteiger partial charge in [0.1, 0.15) is 6.61 Å². The molecular formula is C11H21NO3. The molecule has 0 bridgehead atoms. The van der Waals surface area contributed by atoms with Crippen LogP contribution in [0, 0.1) is 11.8 Å². The van der Waals surface area contributed by atoms with E-state index in [4.69, 9.17) is 9.47 Å². The fourth-order valence-electron chi connectivity index (χ4n) is 1.49. The lowest BCUT2D eigenvalue weighted by atomic mass is 10.1. The van der Waals surface area contributed by atoms with Crippen LogP contribution in [-0.2, 0) is 14.3 Å². The second-order valence-electron chi connectivity index (χ2n) is 4.33. The molecule has 0 amide bonds. The Bertz CT molecular complexity index is 188. The normalized spacial score (nSPS) is 20.9. The summed E-state index contributed by atoms with van der Waals surface area (Å²) in [6, 6.07) is 0. The van der Waals surface area contributed by atoms with Crippen LogP contribution in [-0.4, -0.2) is 38.9 Å². The molecule has 1 aliphatic rings. The molecule has 0 aromatic carbocycles. The molecule has 1 atom stereocenters. The van der Waals surface area contributed by atoms with E-state index in [9.17, 15) is 4.79 Å². The Kier molecular flexibility index (Phi) is 5.65. The summed E-state index contributed by atoms with van der Waals surface area (Å²) in [5.74, 6) is 0.489. The molecule has 1 N–H and O–H groups in total. The van der Waals surface area contributed by atoms with E-state index in [0.717, 1.165) is 26.1 Å². The van der Waals surface area contributed by atoms with Crippen LogP contribution < -0.4 is 5.32 Å². The monoisotopic (exact) mass is 215 g/mol. The molecule has 88 valence electrons. The van der Waals surface area contributed by atoms with Crippen molar-refractivity contribution in [2.75, 3.05) is 32.9 Å². The molecule has 0 aromatic rings. The molecule has 4 nitrogen and oxygen atoms in total. The maximum Gasteiger partial charge on any atom is 0.310 e. The highest BCUT2D eigenvalue weighted by molar-refractivity contribution is 5.73. The number of esters is 1. The fourth-order valence-corrected chi connectivity index (χ4v) is 1.49. The Balaban J connectivity index is 1.97. The van der Waals surface area contributed by atoms with Crippen molar-refractivity contribution in [3.8, 4) is 0 Å². The highest BCUT2D eigenvalue weighted by Gasteiger charge is 2.23. The lowest BCUT2D eigenvalue weighted by Gasteiger charge is -2.10. The van der Waals surface area contributed by atoms with Crippen LogP contribution in [0.15, 0.2) is 0 Å². The first-order valence-electron chi connectivity index (χ1n) is 5.65. The van der Waals surface area contributed by atoms with Gasteiger partial charge in [0.05, 0.1) is 12.5 Å². The van der Waals surface area contributed by atoms with Crippen LogP contribution in [0.25, 0.3) is 0 Å². The Labute approximate surface area is 91.3 Å². The molecule has 4 heteroatoms. The Hall–Kier alpha value is -0.610. The summed E-state index contributed by atoms with van der Waals surface area (Å²) in [7, 11) is 0. The van der Waals surface area contributed by atoms with Gasteiger partial charge >= 0.3 is 5.97 Å². The Morgan fingerprint density at radius 3 is 2.87 bits per heavy atom. The Morgan fingerprint density at radius 1 is 1.47 bits per heavy atom. The molecule has 1 heterocycles. The Morgan fingerprint density at radius 2 is 2.27 bits per heavy atom. The molecule has 1 aliphatic heterocycles. The van der Waals surface area contributed by atoms with Crippen molar-refractivity contribution < 1.29 is 14.3 Å². The lowest BCUT2D eigenvalue weighted by Crippen LogP contribution is -2.22. The van der Waals surface area contributed by atoms with Crippen LogP contribution in [0.4, 0.5) is 0 Å². The smallest absolute Gasteiger partial charge is 0.310 e. The first kappa shape index (κ1) is 12.5. The van der Waals surface area contributed by atoms with Gasteiger partial charge in [-0.3, -0.25) is 4.79 Å². The molecule has 1 rings (SSSR count). The quantitative estimate of drug-likeness (QED) is 0.526. The predicted octanol–water partition coefficient (Wildman–Crippen LogP) is 0.812. The van der Waals surface area contributed by atoms with Crippen LogP contribution in [0.2, 0.25) is 0 Å². The third-order valence-electron chi connectivity index (χ3n) is 2.32. The van der Waals surface area contributed by atoms with E-state index in [0.29, 0.717) is 19.1 Å². The maximum atomic E-state index is 11.4. The van der Waals surface area contributed by atoms with Crippen molar-refractivity contribution in [2.24, 2.45) is 11.8 Å². The molecule has 15 heavy (non-hydrogen) atoms. The van der Waals surface area contributed by atoms with E-state index in [1.807, 2.05) is 0 Å². The summed E-state index contributed by atoms with van der Waals surface area (Å²) in [5, 5.41) is 3.14. The summed E-state index contributed by atoms with van der Waals surface area (Å²) in [6.45, 7) is 7.47. The minimum atomic E-state index is -0.0897. The highest BCUT2D eigenvalue weighted by atomic mass is 16.6. The molecule has 0 aromatic heterocycles. The van der Waals surface area contributed by atoms with E-state index in [2.05, 4.69) is 19.2 Å². The third-order valence-corrected chi connectivity index (χ3v) is 2.32. The number of ether oxygens (including phenoxy) is 2. The zero-order chi connectivity index (χ0) is 11.1. The summed E-state index contributed by atoms with van der Waals surface area (Å²) < 4.78 is 10.4. The number of carbonyl (C=O) groups is 1. The van der Waals surface area contributed by atoms with E-state index < -0.39 is 0 Å². The first-order valence-corrected chi connectivity index (χ1v) is 5.65. The predicted molar refractivity (Wildman–Crippen MR) is 57.6 cm³/mol. The summed E-state index contributed by atoms with van der Waals surface area (Å²) in [4.78, 5) is 11.4. The molecule has 1 unspecified atom stereocenters. The number of carbonyl (C=O) groups excluding carboxylic acids is 1. The minimum absolute atomic E-state index is 0.0510. The maximum absolute atomic E-state index is 11.4. The summed E-state index contributed by atoms with van der Waals surface area (Å²) in [5.41, 5.74) is 0. The van der Waals surface area contributed by atoms with Gasteiger partial charge < -0.3 is 14.8 Å². The lowest BCUT2D eigenvalue weighted by molar-refractivity contribution is -0.149. The summed E-state index contributed by atoms with van der Waals surface area (Å²) in [6.07, 6.45) is 0.895. The van der Waals surface area contributed by atoms with Crippen LogP contribution in [0.5, 0.6) is 0 Å². The van der Waals surface area contributed by atoms with Crippen molar-refractivity contribution in [1.29, 1.82) is 0 Å². The van der Waals surface area contributed by atoms with Gasteiger partial charge in [0.15, 0.2) is 0 Å². The van der Waals surface area contributed by atoms with Gasteiger partial charge in [-0.05, 0) is 18.9 Å². The van der Waals surface area contributed by atoms with Gasteiger partial charge in [-0.15, -0.1) is 0 Å². The second-order valence-corrected chi connectivity index (χ2v) is 4.33. The molecule has 1 saturated heterocycles. The van der Waals surface area contributed by atoms with Crippen molar-refractivity contribution in [2.45, 2.75) is 20.3 Å². The van der Waals surface area contributed by atoms with Gasteiger partial charge in [0, 0.05) is 13.2 Å². The van der Waals surface area contributed by atoms with E-state index in [1.165, 1.54) is 0 Å². The van der Waals surface area contributed by atoms with E-state index in [-0.39, 0.29) is 11.9 Å². The first-order chi connectivity index (χ1) is 7.20. The van der Waals surface area contributed by atoms with Crippen LogP contribution in [0.1, 0.15) is 20.3 Å². The van der Waals surface area contributed by atoms with Gasteiger partial charge in [0.2, 0.25) is 0 Å². The average molecular weight is 215 g/mol. The minimum Gasteiger partial charge on any atom is -0.463 e. The molecule has 0 spiro atoms. The zero-order valence-corrected chi connectivity index (χ0v) is 9.62. The van der Waals surface area contributed by atoms with Crippen molar-refractivity contribution in [3.05, 3.63) is 0 Å². The van der Waals surface area contributed by atoms with Gasteiger partial charge in [-0.1, -0.05) is 13.8 Å². The van der Waals surface area contributed by atoms with Crippen molar-refractivity contribution in [1.82, 2.24) is 5.32 Å². The number of nitrogens with one attached hydrogen (secondary N) is 1. The highest BCUT2D eigenvalue weighted by Crippen LogP contribution is 2.09. The number of hydrogen-bond donors (Lipinski definition) is 1. The average Bonchev–Trinajstić information content (AvgIpc) is 2.69. The molecule has 0 aliphatic carbocycles.